The van der Waals surface area contributed by atoms with E-state index in [4.69, 9.17) is 17.3 Å². The molecule has 1 aliphatic rings. The molecule has 1 aromatic heterocycles. The number of likely N-dealkylation sites (N-methyl/N-ethyl adjacent to an activating group) is 1. The normalized spacial score (nSPS) is 14.6. The average Bonchev–Trinajstić information content (AvgIpc) is 3.36. The molecule has 27 heavy (non-hydrogen) atoms. The van der Waals surface area contributed by atoms with Crippen LogP contribution in [0.25, 0.3) is 0 Å². The molecule has 0 saturated heterocycles. The molecule has 1 amide bonds. The largest absolute Gasteiger partial charge is 0.350 e. The summed E-state index contributed by atoms with van der Waals surface area (Å²) in [4.78, 5) is 14.1. The molecule has 0 unspecified atom stereocenters. The van der Waals surface area contributed by atoms with E-state index in [0.717, 1.165) is 12.4 Å². The maximum Gasteiger partial charge on any atom is 0.234 e. The van der Waals surface area contributed by atoms with Gasteiger partial charge in [-0.2, -0.15) is 5.10 Å². The first-order valence-corrected chi connectivity index (χ1v) is 9.85. The minimum Gasteiger partial charge on any atom is -0.350 e. The van der Waals surface area contributed by atoms with Crippen LogP contribution in [0.5, 0.6) is 0 Å². The lowest BCUT2D eigenvalue weighted by atomic mass is 10.1. The molecule has 2 aromatic rings. The van der Waals surface area contributed by atoms with Crippen molar-refractivity contribution in [3.8, 4) is 0 Å². The molecule has 3 rings (SSSR count). The summed E-state index contributed by atoms with van der Waals surface area (Å²) in [5.41, 5.74) is 0.984. The average molecular weight is 388 g/mol. The number of amides is 1. The maximum atomic E-state index is 12.2. The number of rotatable bonds is 7. The Labute approximate surface area is 166 Å². The van der Waals surface area contributed by atoms with E-state index in [1.807, 2.05) is 55.6 Å². The van der Waals surface area contributed by atoms with E-state index in [1.165, 1.54) is 18.4 Å². The Morgan fingerprint density at radius 1 is 1.30 bits per heavy atom. The molecular formula is C20H29N5OS. The van der Waals surface area contributed by atoms with Crippen molar-refractivity contribution in [3.63, 3.8) is 0 Å². The van der Waals surface area contributed by atoms with Crippen LogP contribution in [0.4, 0.5) is 0 Å². The summed E-state index contributed by atoms with van der Waals surface area (Å²) in [6.07, 6.45) is 2.34. The maximum absolute atomic E-state index is 12.2. The van der Waals surface area contributed by atoms with Crippen molar-refractivity contribution in [1.29, 1.82) is 0 Å². The molecule has 1 heterocycles. The van der Waals surface area contributed by atoms with E-state index in [9.17, 15) is 4.79 Å². The number of hydrogen-bond acceptors (Lipinski definition) is 4. The molecule has 0 spiro atoms. The van der Waals surface area contributed by atoms with Crippen LogP contribution in [0.2, 0.25) is 0 Å². The monoisotopic (exact) mass is 387 g/mol. The highest BCUT2D eigenvalue weighted by molar-refractivity contribution is 7.71. The summed E-state index contributed by atoms with van der Waals surface area (Å²) < 4.78 is 4.70. The van der Waals surface area contributed by atoms with Gasteiger partial charge < -0.3 is 5.32 Å². The second-order valence-corrected chi connectivity index (χ2v) is 8.81. The molecule has 0 aliphatic heterocycles. The summed E-state index contributed by atoms with van der Waals surface area (Å²) in [6, 6.07) is 10.3. The Bertz CT molecular complexity index is 845. The lowest BCUT2D eigenvalue weighted by Crippen LogP contribution is -2.45. The third-order valence-corrected chi connectivity index (χ3v) is 4.81. The lowest BCUT2D eigenvalue weighted by molar-refractivity contribution is -0.123. The third kappa shape index (κ3) is 5.49. The highest BCUT2D eigenvalue weighted by Crippen LogP contribution is 2.39. The van der Waals surface area contributed by atoms with Gasteiger partial charge in [-0.15, -0.1) is 0 Å². The molecule has 1 N–H and O–H groups in total. The Balaban J connectivity index is 1.73. The van der Waals surface area contributed by atoms with Crippen LogP contribution in [-0.4, -0.2) is 44.3 Å². The van der Waals surface area contributed by atoms with E-state index in [0.29, 0.717) is 23.9 Å². The smallest absolute Gasteiger partial charge is 0.234 e. The summed E-state index contributed by atoms with van der Waals surface area (Å²) >= 11 is 5.71. The predicted octanol–water partition coefficient (Wildman–Crippen LogP) is 3.14. The van der Waals surface area contributed by atoms with Crippen LogP contribution >= 0.6 is 12.2 Å². The summed E-state index contributed by atoms with van der Waals surface area (Å²) in [5.74, 6) is 1.57. The lowest BCUT2D eigenvalue weighted by Gasteiger charge is -2.23. The molecule has 7 heteroatoms. The number of aromatic nitrogens is 3. The molecule has 1 aliphatic carbocycles. The van der Waals surface area contributed by atoms with Crippen LogP contribution in [-0.2, 0) is 18.0 Å². The predicted molar refractivity (Wildman–Crippen MR) is 109 cm³/mol. The van der Waals surface area contributed by atoms with Crippen molar-refractivity contribution in [2.45, 2.75) is 58.3 Å². The van der Waals surface area contributed by atoms with Gasteiger partial charge in [0.25, 0.3) is 0 Å². The van der Waals surface area contributed by atoms with Crippen LogP contribution in [0.15, 0.2) is 30.3 Å². The standard InChI is InChI=1S/C20H29N5OS/c1-20(2,3)21-17(26)13-23(4)14-25-19(27)24(18(22-25)16-10-11-16)12-15-8-6-5-7-9-15/h5-9,16H,10-14H2,1-4H3,(H,21,26). The second kappa shape index (κ2) is 7.94. The van der Waals surface area contributed by atoms with E-state index in [1.54, 1.807) is 0 Å². The third-order valence-electron chi connectivity index (χ3n) is 4.38. The second-order valence-electron chi connectivity index (χ2n) is 8.44. The van der Waals surface area contributed by atoms with Gasteiger partial charge >= 0.3 is 0 Å². The van der Waals surface area contributed by atoms with Gasteiger partial charge in [-0.25, -0.2) is 4.68 Å². The molecule has 1 saturated carbocycles. The minimum absolute atomic E-state index is 0.00246. The Kier molecular flexibility index (Phi) is 5.81. The molecule has 6 nitrogen and oxygen atoms in total. The number of nitrogens with zero attached hydrogens (tertiary/aromatic N) is 4. The fourth-order valence-corrected chi connectivity index (χ4v) is 3.35. The van der Waals surface area contributed by atoms with Gasteiger partial charge in [-0.1, -0.05) is 30.3 Å². The number of hydrogen-bond donors (Lipinski definition) is 1. The van der Waals surface area contributed by atoms with Gasteiger partial charge in [-0.3, -0.25) is 14.3 Å². The van der Waals surface area contributed by atoms with Crippen molar-refractivity contribution in [3.05, 3.63) is 46.5 Å². The number of benzene rings is 1. The van der Waals surface area contributed by atoms with Gasteiger partial charge in [0.1, 0.15) is 5.82 Å². The van der Waals surface area contributed by atoms with Crippen molar-refractivity contribution >= 4 is 18.1 Å². The molecular weight excluding hydrogens is 358 g/mol. The Morgan fingerprint density at radius 3 is 2.56 bits per heavy atom. The van der Waals surface area contributed by atoms with E-state index in [-0.39, 0.29) is 11.4 Å². The fraction of sp³-hybridized carbons (Fsp3) is 0.550. The number of nitrogens with one attached hydrogen (secondary N) is 1. The summed E-state index contributed by atoms with van der Waals surface area (Å²) in [6.45, 7) is 7.48. The van der Waals surface area contributed by atoms with Gasteiger partial charge in [0.05, 0.1) is 19.8 Å². The first-order valence-electron chi connectivity index (χ1n) is 9.44. The highest BCUT2D eigenvalue weighted by Gasteiger charge is 2.30. The molecule has 0 atom stereocenters. The van der Waals surface area contributed by atoms with Crippen LogP contribution in [0.3, 0.4) is 0 Å². The van der Waals surface area contributed by atoms with Gasteiger partial charge in [-0.05, 0) is 58.4 Å². The van der Waals surface area contributed by atoms with E-state index >= 15 is 0 Å². The van der Waals surface area contributed by atoms with E-state index in [2.05, 4.69) is 22.0 Å². The van der Waals surface area contributed by atoms with Crippen LogP contribution in [0, 0.1) is 4.77 Å². The van der Waals surface area contributed by atoms with Crippen LogP contribution < -0.4 is 5.32 Å². The SMILES string of the molecule is CN(CC(=O)NC(C)(C)C)Cn1nc(C2CC2)n(Cc2ccccc2)c1=S. The van der Waals surface area contributed by atoms with Crippen molar-refractivity contribution < 1.29 is 4.79 Å². The molecule has 0 bridgehead atoms. The molecule has 1 fully saturated rings. The summed E-state index contributed by atoms with van der Waals surface area (Å²) in [5, 5.41) is 7.78. The topological polar surface area (TPSA) is 55.1 Å². The van der Waals surface area contributed by atoms with Gasteiger partial charge in [0, 0.05) is 11.5 Å². The van der Waals surface area contributed by atoms with Crippen molar-refractivity contribution in [2.24, 2.45) is 0 Å². The first kappa shape index (κ1) is 19.8. The minimum atomic E-state index is -0.232. The van der Waals surface area contributed by atoms with Crippen LogP contribution in [0.1, 0.15) is 50.9 Å². The first-order chi connectivity index (χ1) is 12.7. The molecule has 146 valence electrons. The van der Waals surface area contributed by atoms with Crippen molar-refractivity contribution in [2.75, 3.05) is 13.6 Å². The Morgan fingerprint density at radius 2 is 1.96 bits per heavy atom. The zero-order valence-electron chi connectivity index (χ0n) is 16.6. The van der Waals surface area contributed by atoms with Gasteiger partial charge in [0.15, 0.2) is 4.77 Å². The zero-order chi connectivity index (χ0) is 19.6. The quantitative estimate of drug-likeness (QED) is 0.742. The number of carbonyl (C=O) groups excluding carboxylic acids is 1. The summed E-state index contributed by atoms with van der Waals surface area (Å²) in [7, 11) is 1.91. The zero-order valence-corrected chi connectivity index (χ0v) is 17.4. The molecule has 1 aromatic carbocycles. The van der Waals surface area contributed by atoms with Gasteiger partial charge in [0.2, 0.25) is 5.91 Å². The van der Waals surface area contributed by atoms with Crippen molar-refractivity contribution in [1.82, 2.24) is 24.6 Å². The Hall–Kier alpha value is -1.99. The number of carbonyl (C=O) groups is 1. The highest BCUT2D eigenvalue weighted by atomic mass is 32.1. The fourth-order valence-electron chi connectivity index (χ4n) is 3.09. The molecule has 0 radical (unpaired) electrons. The van der Waals surface area contributed by atoms with E-state index < -0.39 is 0 Å².